The second kappa shape index (κ2) is 14.5. The average molecular weight is 417 g/mol. The molecule has 0 radical (unpaired) electrons. The summed E-state index contributed by atoms with van der Waals surface area (Å²) in [4.78, 5) is 0. The van der Waals surface area contributed by atoms with E-state index in [0.717, 1.165) is 25.7 Å². The Labute approximate surface area is 175 Å². The number of halogens is 1. The maximum absolute atomic E-state index is 13.9. The molecule has 0 saturated heterocycles. The van der Waals surface area contributed by atoms with E-state index in [1.807, 2.05) is 0 Å². The summed E-state index contributed by atoms with van der Waals surface area (Å²) in [7, 11) is 0. The van der Waals surface area contributed by atoms with Crippen LogP contribution in [0, 0.1) is 0 Å². The Morgan fingerprint density at radius 2 is 0.593 bits per heavy atom. The molecule has 1 nitrogen and oxygen atoms in total. The second-order valence-electron chi connectivity index (χ2n) is 9.45. The van der Waals surface area contributed by atoms with Gasteiger partial charge in [-0.25, -0.2) is 0 Å². The van der Waals surface area contributed by atoms with Crippen LogP contribution in [0.2, 0.25) is 0 Å². The predicted molar refractivity (Wildman–Crippen MR) is 123 cm³/mol. The molecule has 27 heavy (non-hydrogen) atoms. The third kappa shape index (κ3) is 9.71. The van der Waals surface area contributed by atoms with Crippen molar-refractivity contribution in [1.29, 1.82) is 0 Å². The van der Waals surface area contributed by atoms with E-state index < -0.39 is 6.49 Å². The van der Waals surface area contributed by atoms with Crippen LogP contribution >= 0.6 is 17.7 Å². The van der Waals surface area contributed by atoms with E-state index in [1.165, 1.54) is 116 Å². The first kappa shape index (κ1) is 23.8. The molecular formula is C24H46ClOP. The molecule has 2 saturated carbocycles. The Kier molecular flexibility index (Phi) is 12.8. The summed E-state index contributed by atoms with van der Waals surface area (Å²) in [5.41, 5.74) is 0.605. The van der Waals surface area contributed by atoms with Crippen LogP contribution in [-0.4, -0.2) is 11.3 Å². The van der Waals surface area contributed by atoms with E-state index >= 15 is 0 Å². The summed E-state index contributed by atoms with van der Waals surface area (Å²) in [6.45, 7) is -2.58. The minimum atomic E-state index is -2.58. The van der Waals surface area contributed by atoms with Crippen LogP contribution < -0.4 is 0 Å². The van der Waals surface area contributed by atoms with E-state index in [9.17, 15) is 4.57 Å². The average Bonchev–Trinajstić information content (AvgIpc) is 2.62. The van der Waals surface area contributed by atoms with Crippen LogP contribution in [0.3, 0.4) is 0 Å². The molecule has 0 aromatic carbocycles. The van der Waals surface area contributed by atoms with E-state index in [4.69, 9.17) is 11.2 Å². The number of hydrogen-bond donors (Lipinski definition) is 0. The van der Waals surface area contributed by atoms with Gasteiger partial charge in [-0.3, -0.25) is 0 Å². The van der Waals surface area contributed by atoms with Crippen molar-refractivity contribution in [2.24, 2.45) is 0 Å². The third-order valence-corrected chi connectivity index (χ3v) is 11.8. The summed E-state index contributed by atoms with van der Waals surface area (Å²) in [6.07, 6.45) is 28.6. The van der Waals surface area contributed by atoms with Gasteiger partial charge in [0.2, 0.25) is 0 Å². The summed E-state index contributed by atoms with van der Waals surface area (Å²) < 4.78 is 13.9. The molecule has 160 valence electrons. The minimum absolute atomic E-state index is 0.302. The van der Waals surface area contributed by atoms with Gasteiger partial charge in [-0.15, -0.1) is 0 Å². The molecule has 0 amide bonds. The normalized spacial score (nSPS) is 25.5. The topological polar surface area (TPSA) is 17.1 Å². The highest BCUT2D eigenvalue weighted by Crippen LogP contribution is 2.65. The Morgan fingerprint density at radius 3 is 0.815 bits per heavy atom. The standard InChI is InChI=1S/C24H46ClOP/c25-27(26,23-19-15-11-7-3-1-4-8-12-16-20-23)24-21-17-13-9-5-2-6-10-14-18-22-24/h23-24H,1-22H2. The van der Waals surface area contributed by atoms with Crippen LogP contribution in [-0.2, 0) is 4.57 Å². The third-order valence-electron chi connectivity index (χ3n) is 7.15. The fourth-order valence-corrected chi connectivity index (χ4v) is 9.19. The smallest absolute Gasteiger partial charge is 0.175 e. The Hall–Kier alpha value is 0.520. The van der Waals surface area contributed by atoms with Crippen molar-refractivity contribution in [2.75, 3.05) is 0 Å². The predicted octanol–water partition coefficient (Wildman–Crippen LogP) is 9.85. The van der Waals surface area contributed by atoms with Gasteiger partial charge in [0.1, 0.15) is 0 Å². The number of hydrogen-bond acceptors (Lipinski definition) is 1. The molecular weight excluding hydrogens is 371 g/mol. The quantitative estimate of drug-likeness (QED) is 0.409. The van der Waals surface area contributed by atoms with Crippen LogP contribution in [0.15, 0.2) is 0 Å². The first-order chi connectivity index (χ1) is 13.2. The molecule has 0 N–H and O–H groups in total. The highest BCUT2D eigenvalue weighted by Gasteiger charge is 2.37. The van der Waals surface area contributed by atoms with Crippen molar-refractivity contribution in [3.8, 4) is 0 Å². The lowest BCUT2D eigenvalue weighted by molar-refractivity contribution is 0.473. The van der Waals surface area contributed by atoms with Gasteiger partial charge in [-0.05, 0) is 25.7 Å². The molecule has 0 heterocycles. The fraction of sp³-hybridized carbons (Fsp3) is 1.00. The summed E-state index contributed by atoms with van der Waals surface area (Å²) in [5, 5.41) is 0. The van der Waals surface area contributed by atoms with Crippen LogP contribution in [0.5, 0.6) is 0 Å². The van der Waals surface area contributed by atoms with Crippen molar-refractivity contribution >= 4 is 17.7 Å². The molecule has 2 aliphatic carbocycles. The molecule has 2 aliphatic rings. The lowest BCUT2D eigenvalue weighted by atomic mass is 10.0. The van der Waals surface area contributed by atoms with E-state index in [0.29, 0.717) is 11.3 Å². The zero-order valence-corrected chi connectivity index (χ0v) is 19.6. The largest absolute Gasteiger partial charge is 0.306 e. The van der Waals surface area contributed by atoms with E-state index in [2.05, 4.69) is 0 Å². The molecule has 2 rings (SSSR count). The van der Waals surface area contributed by atoms with Crippen molar-refractivity contribution < 1.29 is 4.57 Å². The molecule has 2 fully saturated rings. The molecule has 0 aromatic heterocycles. The number of rotatable bonds is 2. The highest BCUT2D eigenvalue weighted by molar-refractivity contribution is 7.90. The first-order valence-corrected chi connectivity index (χ1v) is 15.3. The Morgan fingerprint density at radius 1 is 0.407 bits per heavy atom. The monoisotopic (exact) mass is 416 g/mol. The lowest BCUT2D eigenvalue weighted by Crippen LogP contribution is -2.17. The zero-order chi connectivity index (χ0) is 19.2. The van der Waals surface area contributed by atoms with Crippen molar-refractivity contribution in [3.05, 3.63) is 0 Å². The zero-order valence-electron chi connectivity index (χ0n) is 17.9. The van der Waals surface area contributed by atoms with Crippen molar-refractivity contribution in [3.63, 3.8) is 0 Å². The van der Waals surface area contributed by atoms with Gasteiger partial charge in [0.15, 0.2) is 6.49 Å². The fourth-order valence-electron chi connectivity index (χ4n) is 5.29. The molecule has 0 aliphatic heterocycles. The molecule has 3 heteroatoms. The minimum Gasteiger partial charge on any atom is -0.306 e. The van der Waals surface area contributed by atoms with Gasteiger partial charge in [-0.1, -0.05) is 127 Å². The maximum atomic E-state index is 13.9. The Bertz CT molecular complexity index is 353. The maximum Gasteiger partial charge on any atom is 0.175 e. The highest BCUT2D eigenvalue weighted by atomic mass is 35.7. The van der Waals surface area contributed by atoms with Gasteiger partial charge < -0.3 is 4.57 Å². The summed E-state index contributed by atoms with van der Waals surface area (Å²) in [5.74, 6) is 0. The van der Waals surface area contributed by atoms with Crippen LogP contribution in [0.4, 0.5) is 0 Å². The van der Waals surface area contributed by atoms with Crippen molar-refractivity contribution in [2.45, 2.75) is 153 Å². The van der Waals surface area contributed by atoms with E-state index in [1.54, 1.807) is 0 Å². The summed E-state index contributed by atoms with van der Waals surface area (Å²) >= 11 is 7.04. The van der Waals surface area contributed by atoms with Gasteiger partial charge in [-0.2, -0.15) is 0 Å². The van der Waals surface area contributed by atoms with Gasteiger partial charge in [0.05, 0.1) is 0 Å². The van der Waals surface area contributed by atoms with Gasteiger partial charge >= 0.3 is 0 Å². The van der Waals surface area contributed by atoms with Gasteiger partial charge in [0, 0.05) is 11.3 Å². The summed E-state index contributed by atoms with van der Waals surface area (Å²) in [6, 6.07) is 0. The molecule has 0 atom stereocenters. The molecule has 0 spiro atoms. The van der Waals surface area contributed by atoms with Crippen LogP contribution in [0.1, 0.15) is 141 Å². The van der Waals surface area contributed by atoms with Crippen LogP contribution in [0.25, 0.3) is 0 Å². The van der Waals surface area contributed by atoms with Crippen molar-refractivity contribution in [1.82, 2.24) is 0 Å². The van der Waals surface area contributed by atoms with Gasteiger partial charge in [0.25, 0.3) is 0 Å². The second-order valence-corrected chi connectivity index (χ2v) is 13.7. The molecule has 0 unspecified atom stereocenters. The first-order valence-electron chi connectivity index (χ1n) is 12.5. The lowest BCUT2D eigenvalue weighted by Gasteiger charge is -2.30. The molecule has 0 aromatic rings. The SMILES string of the molecule is O=P(Cl)(C1CCCCCCCCCCC1)C1CCCCCCCCCCC1. The van der Waals surface area contributed by atoms with E-state index in [-0.39, 0.29) is 0 Å². The Balaban J connectivity index is 1.96. The molecule has 0 bridgehead atoms.